The molecule has 0 aliphatic carbocycles. The molecule has 1 aliphatic heterocycles. The molecule has 20 heavy (non-hydrogen) atoms. The van der Waals surface area contributed by atoms with Crippen molar-refractivity contribution in [1.82, 2.24) is 10.3 Å². The van der Waals surface area contributed by atoms with E-state index in [-0.39, 0.29) is 0 Å². The number of nitrogens with one attached hydrogen (secondary N) is 1. The topological polar surface area (TPSA) is 65.1 Å². The third kappa shape index (κ3) is 2.74. The van der Waals surface area contributed by atoms with Crippen LogP contribution in [0, 0.1) is 11.3 Å². The molecule has 1 aliphatic rings. The van der Waals surface area contributed by atoms with Crippen LogP contribution in [0.2, 0.25) is 0 Å². The van der Waals surface area contributed by atoms with E-state index in [0.717, 1.165) is 31.1 Å². The summed E-state index contributed by atoms with van der Waals surface area (Å²) in [6, 6.07) is 6.12. The molecular weight excluding hydrogens is 272 g/mol. The molecule has 5 nitrogen and oxygen atoms in total. The predicted molar refractivity (Wildman–Crippen MR) is 79.5 cm³/mol. The highest BCUT2D eigenvalue weighted by Gasteiger charge is 2.20. The maximum absolute atomic E-state index is 9.18. The van der Waals surface area contributed by atoms with Gasteiger partial charge in [-0.2, -0.15) is 10.2 Å². The minimum Gasteiger partial charge on any atom is -0.420 e. The van der Waals surface area contributed by atoms with Crippen LogP contribution in [0.15, 0.2) is 21.9 Å². The van der Waals surface area contributed by atoms with Gasteiger partial charge in [0.05, 0.1) is 0 Å². The van der Waals surface area contributed by atoms with Crippen molar-refractivity contribution in [1.29, 1.82) is 5.26 Å². The average Bonchev–Trinajstić information content (AvgIpc) is 3.15. The Labute approximate surface area is 121 Å². The highest BCUT2D eigenvalue weighted by atomic mass is 32.1. The van der Waals surface area contributed by atoms with Gasteiger partial charge in [0.2, 0.25) is 17.5 Å². The Morgan fingerprint density at radius 3 is 2.95 bits per heavy atom. The van der Waals surface area contributed by atoms with Crippen LogP contribution < -0.4 is 10.2 Å². The van der Waals surface area contributed by atoms with E-state index in [1.807, 2.05) is 23.6 Å². The Bertz CT molecular complexity index is 633. The fourth-order valence-corrected chi connectivity index (χ4v) is 2.71. The zero-order valence-electron chi connectivity index (χ0n) is 10.9. The van der Waals surface area contributed by atoms with Crippen molar-refractivity contribution in [3.05, 3.63) is 34.0 Å². The number of piperazine rings is 1. The Balaban J connectivity index is 1.83. The van der Waals surface area contributed by atoms with Gasteiger partial charge in [0.1, 0.15) is 6.07 Å². The van der Waals surface area contributed by atoms with Gasteiger partial charge in [-0.15, -0.1) is 11.3 Å². The first-order valence-corrected chi connectivity index (χ1v) is 7.33. The first-order chi connectivity index (χ1) is 9.86. The van der Waals surface area contributed by atoms with Crippen LogP contribution >= 0.6 is 11.3 Å². The van der Waals surface area contributed by atoms with Gasteiger partial charge in [0.25, 0.3) is 0 Å². The Hall–Kier alpha value is -2.10. The lowest BCUT2D eigenvalue weighted by molar-refractivity contribution is 0.498. The van der Waals surface area contributed by atoms with E-state index in [9.17, 15) is 5.26 Å². The van der Waals surface area contributed by atoms with Crippen molar-refractivity contribution >= 4 is 29.4 Å². The molecule has 0 spiro atoms. The normalized spacial score (nSPS) is 15.7. The smallest absolute Gasteiger partial charge is 0.235 e. The van der Waals surface area contributed by atoms with Crippen LogP contribution in [0.4, 0.5) is 5.88 Å². The second kappa shape index (κ2) is 5.90. The lowest BCUT2D eigenvalue weighted by atomic mass is 10.3. The first-order valence-electron chi connectivity index (χ1n) is 6.45. The minimum absolute atomic E-state index is 0.359. The number of rotatable bonds is 3. The van der Waals surface area contributed by atoms with Gasteiger partial charge in [-0.25, -0.2) is 0 Å². The second-order valence-corrected chi connectivity index (χ2v) is 5.38. The van der Waals surface area contributed by atoms with Gasteiger partial charge < -0.3 is 14.6 Å². The molecule has 0 aromatic carbocycles. The summed E-state index contributed by atoms with van der Waals surface area (Å²) in [6.45, 7) is 3.45. The number of hydrogen-bond donors (Lipinski definition) is 1. The molecule has 0 amide bonds. The molecule has 0 atom stereocenters. The molecular formula is C14H14N4OS. The summed E-state index contributed by atoms with van der Waals surface area (Å²) < 4.78 is 5.73. The third-order valence-electron chi connectivity index (χ3n) is 3.07. The standard InChI is InChI=1S/C14H14N4OS/c15-10-12-14(18-7-5-16-6-8-18)19-13(17-12)4-3-11-2-1-9-20-11/h1-4,9,16H,5-8H2/b4-3+. The summed E-state index contributed by atoms with van der Waals surface area (Å²) in [6.07, 6.45) is 3.75. The van der Waals surface area contributed by atoms with Crippen LogP contribution in [-0.4, -0.2) is 31.2 Å². The van der Waals surface area contributed by atoms with Crippen molar-refractivity contribution in [3.8, 4) is 6.07 Å². The molecule has 0 saturated carbocycles. The maximum atomic E-state index is 9.18. The van der Waals surface area contributed by atoms with Crippen LogP contribution in [-0.2, 0) is 0 Å². The zero-order valence-corrected chi connectivity index (χ0v) is 11.7. The monoisotopic (exact) mass is 286 g/mol. The number of nitriles is 1. The van der Waals surface area contributed by atoms with E-state index in [4.69, 9.17) is 4.42 Å². The molecule has 0 radical (unpaired) electrons. The zero-order chi connectivity index (χ0) is 13.8. The maximum Gasteiger partial charge on any atom is 0.235 e. The Morgan fingerprint density at radius 1 is 1.40 bits per heavy atom. The van der Waals surface area contributed by atoms with Crippen molar-refractivity contribution in [2.24, 2.45) is 0 Å². The second-order valence-electron chi connectivity index (χ2n) is 4.40. The Morgan fingerprint density at radius 2 is 2.25 bits per heavy atom. The van der Waals surface area contributed by atoms with E-state index in [1.165, 1.54) is 0 Å². The van der Waals surface area contributed by atoms with E-state index in [0.29, 0.717) is 17.5 Å². The van der Waals surface area contributed by atoms with E-state index in [2.05, 4.69) is 21.3 Å². The molecule has 2 aromatic heterocycles. The molecule has 1 N–H and O–H groups in total. The molecule has 6 heteroatoms. The number of aromatic nitrogens is 1. The molecule has 2 aromatic rings. The summed E-state index contributed by atoms with van der Waals surface area (Å²) in [5.41, 5.74) is 0.359. The molecule has 1 saturated heterocycles. The summed E-state index contributed by atoms with van der Waals surface area (Å²) >= 11 is 1.65. The highest BCUT2D eigenvalue weighted by molar-refractivity contribution is 7.10. The van der Waals surface area contributed by atoms with Crippen LogP contribution in [0.5, 0.6) is 0 Å². The quantitative estimate of drug-likeness (QED) is 0.937. The molecule has 0 unspecified atom stereocenters. The predicted octanol–water partition coefficient (Wildman–Crippen LogP) is 2.19. The lowest BCUT2D eigenvalue weighted by Crippen LogP contribution is -2.43. The van der Waals surface area contributed by atoms with Crippen LogP contribution in [0.3, 0.4) is 0 Å². The van der Waals surface area contributed by atoms with Crippen molar-refractivity contribution in [3.63, 3.8) is 0 Å². The van der Waals surface area contributed by atoms with Gasteiger partial charge in [-0.3, -0.25) is 0 Å². The van der Waals surface area contributed by atoms with E-state index in [1.54, 1.807) is 17.4 Å². The number of hydrogen-bond acceptors (Lipinski definition) is 6. The van der Waals surface area contributed by atoms with E-state index < -0.39 is 0 Å². The van der Waals surface area contributed by atoms with Gasteiger partial charge in [-0.05, 0) is 17.5 Å². The summed E-state index contributed by atoms with van der Waals surface area (Å²) in [4.78, 5) is 7.42. The largest absolute Gasteiger partial charge is 0.420 e. The van der Waals surface area contributed by atoms with Crippen LogP contribution in [0.25, 0.3) is 12.2 Å². The third-order valence-corrected chi connectivity index (χ3v) is 3.91. The van der Waals surface area contributed by atoms with Gasteiger partial charge in [0.15, 0.2) is 0 Å². The number of nitrogens with zero attached hydrogens (tertiary/aromatic N) is 3. The number of thiophene rings is 1. The molecule has 1 fully saturated rings. The van der Waals surface area contributed by atoms with Gasteiger partial charge in [0, 0.05) is 37.1 Å². The SMILES string of the molecule is N#Cc1nc(/C=C/c2cccs2)oc1N1CCNCC1. The lowest BCUT2D eigenvalue weighted by Gasteiger charge is -2.26. The molecule has 3 heterocycles. The number of oxazole rings is 1. The summed E-state index contributed by atoms with van der Waals surface area (Å²) in [5, 5.41) is 14.5. The average molecular weight is 286 g/mol. The van der Waals surface area contributed by atoms with Crippen molar-refractivity contribution in [2.75, 3.05) is 31.1 Å². The molecule has 0 bridgehead atoms. The van der Waals surface area contributed by atoms with Crippen molar-refractivity contribution < 1.29 is 4.42 Å². The van der Waals surface area contributed by atoms with E-state index >= 15 is 0 Å². The number of anilines is 1. The summed E-state index contributed by atoms with van der Waals surface area (Å²) in [5.74, 6) is 1.06. The molecule has 102 valence electrons. The minimum atomic E-state index is 0.359. The van der Waals surface area contributed by atoms with Crippen LogP contribution in [0.1, 0.15) is 16.5 Å². The van der Waals surface area contributed by atoms with Gasteiger partial charge in [-0.1, -0.05) is 6.07 Å². The first kappa shape index (κ1) is 12.9. The van der Waals surface area contributed by atoms with Crippen molar-refractivity contribution in [2.45, 2.75) is 0 Å². The Kier molecular flexibility index (Phi) is 3.81. The fourth-order valence-electron chi connectivity index (χ4n) is 2.09. The summed E-state index contributed by atoms with van der Waals surface area (Å²) in [7, 11) is 0. The molecule has 3 rings (SSSR count). The highest BCUT2D eigenvalue weighted by Crippen LogP contribution is 2.23. The van der Waals surface area contributed by atoms with Gasteiger partial charge >= 0.3 is 0 Å². The fraction of sp³-hybridized carbons (Fsp3) is 0.286.